The van der Waals surface area contributed by atoms with Crippen molar-refractivity contribution in [3.8, 4) is 0 Å². The number of rotatable bonds is 3. The van der Waals surface area contributed by atoms with Crippen LogP contribution >= 0.6 is 0 Å². The lowest BCUT2D eigenvalue weighted by Crippen LogP contribution is -2.36. The summed E-state index contributed by atoms with van der Waals surface area (Å²) in [4.78, 5) is 21.6. The van der Waals surface area contributed by atoms with Gasteiger partial charge in [-0.1, -0.05) is 0 Å². The number of ether oxygens (including phenoxy) is 1. The molecule has 0 unspecified atom stereocenters. The molecule has 0 aromatic carbocycles. The third-order valence-electron chi connectivity index (χ3n) is 1.23. The van der Waals surface area contributed by atoms with Crippen molar-refractivity contribution in [2.75, 3.05) is 6.54 Å². The molecule has 0 heterocycles. The first-order chi connectivity index (χ1) is 5.78. The Kier molecular flexibility index (Phi) is 3.87. The monoisotopic (exact) mass is 189 g/mol. The summed E-state index contributed by atoms with van der Waals surface area (Å²) in [6.45, 7) is 4.76. The molecule has 0 aliphatic carbocycles. The zero-order valence-corrected chi connectivity index (χ0v) is 8.03. The van der Waals surface area contributed by atoms with E-state index in [-0.39, 0.29) is 6.54 Å². The highest BCUT2D eigenvalue weighted by atomic mass is 16.6. The van der Waals surface area contributed by atoms with Gasteiger partial charge >= 0.3 is 11.9 Å². The minimum Gasteiger partial charge on any atom is -0.481 e. The smallest absolute Gasteiger partial charge is 0.322 e. The first kappa shape index (κ1) is 11.9. The van der Waals surface area contributed by atoms with Gasteiger partial charge in [0.1, 0.15) is 5.60 Å². The van der Waals surface area contributed by atoms with E-state index >= 15 is 0 Å². The number of aliphatic carboxylic acids is 1. The first-order valence-electron chi connectivity index (χ1n) is 3.93. The van der Waals surface area contributed by atoms with Crippen LogP contribution in [0.1, 0.15) is 20.8 Å². The van der Waals surface area contributed by atoms with Crippen molar-refractivity contribution in [2.24, 2.45) is 11.7 Å². The topological polar surface area (TPSA) is 89.6 Å². The van der Waals surface area contributed by atoms with Gasteiger partial charge in [-0.15, -0.1) is 0 Å². The first-order valence-corrected chi connectivity index (χ1v) is 3.93. The number of hydrogen-bond acceptors (Lipinski definition) is 4. The lowest BCUT2D eigenvalue weighted by molar-refractivity contribution is -0.166. The largest absolute Gasteiger partial charge is 0.481 e. The van der Waals surface area contributed by atoms with Crippen LogP contribution in [0, 0.1) is 5.92 Å². The van der Waals surface area contributed by atoms with Gasteiger partial charge in [0.25, 0.3) is 0 Å². The Morgan fingerprint density at radius 2 is 1.92 bits per heavy atom. The third-order valence-corrected chi connectivity index (χ3v) is 1.23. The van der Waals surface area contributed by atoms with Crippen LogP contribution in [0.4, 0.5) is 0 Å². The molecule has 0 fully saturated rings. The molecule has 0 spiro atoms. The summed E-state index contributed by atoms with van der Waals surface area (Å²) in [5.74, 6) is -3.31. The summed E-state index contributed by atoms with van der Waals surface area (Å²) in [5.41, 5.74) is 4.43. The van der Waals surface area contributed by atoms with Gasteiger partial charge in [0.2, 0.25) is 0 Å². The number of carbonyl (C=O) groups excluding carboxylic acids is 1. The molecule has 0 saturated heterocycles. The van der Waals surface area contributed by atoms with Gasteiger partial charge in [-0.2, -0.15) is 0 Å². The number of hydrogen-bond donors (Lipinski definition) is 2. The van der Waals surface area contributed by atoms with E-state index in [1.165, 1.54) is 0 Å². The minimum absolute atomic E-state index is 0.246. The quantitative estimate of drug-likeness (QED) is 0.481. The molecular weight excluding hydrogens is 174 g/mol. The second-order valence-corrected chi connectivity index (χ2v) is 3.66. The van der Waals surface area contributed by atoms with Gasteiger partial charge in [-0.05, 0) is 20.8 Å². The van der Waals surface area contributed by atoms with E-state index in [9.17, 15) is 9.59 Å². The summed E-state index contributed by atoms with van der Waals surface area (Å²) < 4.78 is 4.85. The van der Waals surface area contributed by atoms with E-state index in [4.69, 9.17) is 15.6 Å². The zero-order valence-electron chi connectivity index (χ0n) is 8.03. The molecule has 0 bridgehead atoms. The number of esters is 1. The van der Waals surface area contributed by atoms with Crippen molar-refractivity contribution >= 4 is 11.9 Å². The van der Waals surface area contributed by atoms with Crippen LogP contribution in [0.5, 0.6) is 0 Å². The molecule has 13 heavy (non-hydrogen) atoms. The number of carboxylic acid groups (broad SMARTS) is 1. The summed E-state index contributed by atoms with van der Waals surface area (Å²) >= 11 is 0. The SMILES string of the molecule is CC(C)(C)OC(=O)[C@H](CN)C(=O)O. The molecule has 5 heteroatoms. The predicted molar refractivity (Wildman–Crippen MR) is 46.0 cm³/mol. The van der Waals surface area contributed by atoms with Gasteiger partial charge < -0.3 is 15.6 Å². The summed E-state index contributed by atoms with van der Waals surface area (Å²) in [6, 6.07) is 0. The molecule has 5 nitrogen and oxygen atoms in total. The van der Waals surface area contributed by atoms with Gasteiger partial charge in [0.05, 0.1) is 0 Å². The highest BCUT2D eigenvalue weighted by Gasteiger charge is 2.29. The van der Waals surface area contributed by atoms with E-state index in [2.05, 4.69) is 0 Å². The average molecular weight is 189 g/mol. The van der Waals surface area contributed by atoms with E-state index in [1.54, 1.807) is 20.8 Å². The fourth-order valence-corrected chi connectivity index (χ4v) is 0.671. The van der Waals surface area contributed by atoms with Crippen molar-refractivity contribution in [3.05, 3.63) is 0 Å². The molecule has 3 N–H and O–H groups in total. The number of carboxylic acids is 1. The van der Waals surface area contributed by atoms with E-state index < -0.39 is 23.5 Å². The zero-order chi connectivity index (χ0) is 10.6. The van der Waals surface area contributed by atoms with Crippen LogP contribution in [0.3, 0.4) is 0 Å². The second kappa shape index (κ2) is 4.23. The highest BCUT2D eigenvalue weighted by molar-refractivity contribution is 5.94. The fourth-order valence-electron chi connectivity index (χ4n) is 0.671. The van der Waals surface area contributed by atoms with Crippen LogP contribution in [-0.4, -0.2) is 29.2 Å². The van der Waals surface area contributed by atoms with E-state index in [0.717, 1.165) is 0 Å². The van der Waals surface area contributed by atoms with Crippen LogP contribution in [-0.2, 0) is 14.3 Å². The molecular formula is C8H15NO4. The van der Waals surface area contributed by atoms with E-state index in [1.807, 2.05) is 0 Å². The molecule has 0 radical (unpaired) electrons. The van der Waals surface area contributed by atoms with Crippen LogP contribution in [0.25, 0.3) is 0 Å². The van der Waals surface area contributed by atoms with Gasteiger partial charge in [-0.3, -0.25) is 9.59 Å². The minimum atomic E-state index is -1.26. The lowest BCUT2D eigenvalue weighted by Gasteiger charge is -2.21. The second-order valence-electron chi connectivity index (χ2n) is 3.66. The molecule has 0 aliphatic heterocycles. The molecule has 1 atom stereocenters. The van der Waals surface area contributed by atoms with Crippen molar-refractivity contribution in [3.63, 3.8) is 0 Å². The fraction of sp³-hybridized carbons (Fsp3) is 0.750. The predicted octanol–water partition coefficient (Wildman–Crippen LogP) is -0.0124. The number of carbonyl (C=O) groups is 2. The van der Waals surface area contributed by atoms with Crippen molar-refractivity contribution in [1.82, 2.24) is 0 Å². The Morgan fingerprint density at radius 3 is 2.15 bits per heavy atom. The molecule has 0 saturated carbocycles. The van der Waals surface area contributed by atoms with Crippen molar-refractivity contribution in [2.45, 2.75) is 26.4 Å². The Bertz CT molecular complexity index is 207. The Morgan fingerprint density at radius 1 is 1.46 bits per heavy atom. The summed E-state index contributed by atoms with van der Waals surface area (Å²) in [6.07, 6.45) is 0. The normalized spacial score (nSPS) is 13.5. The molecule has 0 aromatic rings. The average Bonchev–Trinajstić information content (AvgIpc) is 1.82. The maximum atomic E-state index is 11.1. The molecule has 0 rings (SSSR count). The highest BCUT2D eigenvalue weighted by Crippen LogP contribution is 2.10. The lowest BCUT2D eigenvalue weighted by atomic mass is 10.1. The summed E-state index contributed by atoms with van der Waals surface area (Å²) in [7, 11) is 0. The standard InChI is InChI=1S/C8H15NO4/c1-8(2,3)13-7(12)5(4-9)6(10)11/h5H,4,9H2,1-3H3,(H,10,11)/t5-/m1/s1. The van der Waals surface area contributed by atoms with Gasteiger partial charge in [-0.25, -0.2) is 0 Å². The molecule has 76 valence electrons. The van der Waals surface area contributed by atoms with Crippen LogP contribution in [0.2, 0.25) is 0 Å². The van der Waals surface area contributed by atoms with E-state index in [0.29, 0.717) is 0 Å². The maximum Gasteiger partial charge on any atom is 0.322 e. The van der Waals surface area contributed by atoms with Crippen molar-refractivity contribution < 1.29 is 19.4 Å². The molecule has 0 aromatic heterocycles. The summed E-state index contributed by atoms with van der Waals surface area (Å²) in [5, 5.41) is 8.56. The Balaban J connectivity index is 4.32. The molecule has 0 aliphatic rings. The third kappa shape index (κ3) is 4.47. The van der Waals surface area contributed by atoms with Crippen molar-refractivity contribution in [1.29, 1.82) is 0 Å². The van der Waals surface area contributed by atoms with Gasteiger partial charge in [0.15, 0.2) is 5.92 Å². The Hall–Kier alpha value is -1.10. The maximum absolute atomic E-state index is 11.1. The van der Waals surface area contributed by atoms with Gasteiger partial charge in [0, 0.05) is 6.54 Å². The van der Waals surface area contributed by atoms with Crippen LogP contribution < -0.4 is 5.73 Å². The molecule has 0 amide bonds. The Labute approximate surface area is 76.9 Å². The number of nitrogens with two attached hydrogens (primary N) is 1. The van der Waals surface area contributed by atoms with Crippen LogP contribution in [0.15, 0.2) is 0 Å².